The Balaban J connectivity index is 3.19. The number of amides is 1. The monoisotopic (exact) mass is 125 g/mol. The number of hydroxylamine groups is 1. The van der Waals surface area contributed by atoms with Crippen LogP contribution >= 0.6 is 0 Å². The van der Waals surface area contributed by atoms with Crippen LogP contribution in [0.5, 0.6) is 0 Å². The maximum absolute atomic E-state index is 10.2. The molecule has 0 aliphatic rings. The molecule has 0 rings (SSSR count). The quantitative estimate of drug-likeness (QED) is 0.246. The maximum Gasteiger partial charge on any atom is 0.319 e. The standard InChI is InChI=1S/C6H7NO2/c1-3-5-9-7-6(8)4-2/h2-3H,1,5H2,(H,7,8). The van der Waals surface area contributed by atoms with E-state index in [0.29, 0.717) is 0 Å². The van der Waals surface area contributed by atoms with Crippen molar-refractivity contribution in [3.05, 3.63) is 12.7 Å². The molecule has 1 amide bonds. The average Bonchev–Trinajstić information content (AvgIpc) is 1.89. The first kappa shape index (κ1) is 7.73. The molecule has 0 atom stereocenters. The van der Waals surface area contributed by atoms with Crippen molar-refractivity contribution in [1.82, 2.24) is 5.48 Å². The SMILES string of the molecule is C#CC(=O)NOCC=C. The highest BCUT2D eigenvalue weighted by molar-refractivity contribution is 5.91. The van der Waals surface area contributed by atoms with Gasteiger partial charge < -0.3 is 0 Å². The molecule has 0 spiro atoms. The molecule has 1 N–H and O–H groups in total. The molecular weight excluding hydrogens is 118 g/mol. The molecule has 0 fully saturated rings. The van der Waals surface area contributed by atoms with Crippen LogP contribution in [0.3, 0.4) is 0 Å². The third kappa shape index (κ3) is 4.59. The zero-order valence-corrected chi connectivity index (χ0v) is 4.89. The molecular formula is C6H7NO2. The first-order chi connectivity index (χ1) is 4.31. The molecule has 9 heavy (non-hydrogen) atoms. The minimum atomic E-state index is -0.586. The summed E-state index contributed by atoms with van der Waals surface area (Å²) in [5, 5.41) is 0. The van der Waals surface area contributed by atoms with Crippen molar-refractivity contribution in [3.63, 3.8) is 0 Å². The van der Waals surface area contributed by atoms with Gasteiger partial charge in [-0.1, -0.05) is 6.08 Å². The van der Waals surface area contributed by atoms with Crippen molar-refractivity contribution in [2.45, 2.75) is 0 Å². The van der Waals surface area contributed by atoms with E-state index in [9.17, 15) is 4.79 Å². The molecule has 3 nitrogen and oxygen atoms in total. The number of hydrogen-bond donors (Lipinski definition) is 1. The number of nitrogens with one attached hydrogen (secondary N) is 1. The number of carbonyl (C=O) groups is 1. The summed E-state index contributed by atoms with van der Waals surface area (Å²) in [4.78, 5) is 14.7. The lowest BCUT2D eigenvalue weighted by Crippen LogP contribution is -2.21. The van der Waals surface area contributed by atoms with Crippen molar-refractivity contribution >= 4 is 5.91 Å². The predicted molar refractivity (Wildman–Crippen MR) is 33.1 cm³/mol. The second-order valence-corrected chi connectivity index (χ2v) is 1.18. The highest BCUT2D eigenvalue weighted by atomic mass is 16.6. The third-order valence-corrected chi connectivity index (χ3v) is 0.497. The Morgan fingerprint density at radius 2 is 2.67 bits per heavy atom. The second kappa shape index (κ2) is 4.88. The summed E-state index contributed by atoms with van der Waals surface area (Å²) in [6.07, 6.45) is 6.18. The van der Waals surface area contributed by atoms with Gasteiger partial charge in [0.05, 0.1) is 6.61 Å². The fourth-order valence-corrected chi connectivity index (χ4v) is 0.196. The summed E-state index contributed by atoms with van der Waals surface area (Å²) in [6, 6.07) is 0. The molecule has 0 bridgehead atoms. The van der Waals surface area contributed by atoms with Crippen LogP contribution in [0.2, 0.25) is 0 Å². The molecule has 0 saturated heterocycles. The van der Waals surface area contributed by atoms with Crippen LogP contribution < -0.4 is 5.48 Å². The largest absolute Gasteiger partial charge is 0.319 e. The fraction of sp³-hybridized carbons (Fsp3) is 0.167. The topological polar surface area (TPSA) is 38.3 Å². The first-order valence-electron chi connectivity index (χ1n) is 2.30. The van der Waals surface area contributed by atoms with Crippen molar-refractivity contribution < 1.29 is 9.63 Å². The van der Waals surface area contributed by atoms with Gasteiger partial charge in [-0.05, 0) is 5.92 Å². The molecule has 0 aromatic rings. The molecule has 0 unspecified atom stereocenters. The van der Waals surface area contributed by atoms with Crippen LogP contribution in [0, 0.1) is 12.3 Å². The zero-order chi connectivity index (χ0) is 7.11. The van der Waals surface area contributed by atoms with Gasteiger partial charge in [-0.2, -0.15) is 0 Å². The summed E-state index contributed by atoms with van der Waals surface area (Å²) >= 11 is 0. The van der Waals surface area contributed by atoms with Gasteiger partial charge in [0.25, 0.3) is 0 Å². The van der Waals surface area contributed by atoms with Crippen molar-refractivity contribution in [2.75, 3.05) is 6.61 Å². The normalized spacial score (nSPS) is 7.44. The van der Waals surface area contributed by atoms with Gasteiger partial charge in [-0.3, -0.25) is 9.63 Å². The smallest absolute Gasteiger partial charge is 0.269 e. The van der Waals surface area contributed by atoms with Gasteiger partial charge in [0, 0.05) is 0 Å². The Morgan fingerprint density at radius 1 is 2.00 bits per heavy atom. The van der Waals surface area contributed by atoms with E-state index in [4.69, 9.17) is 0 Å². The Labute approximate surface area is 53.7 Å². The molecule has 0 saturated carbocycles. The van der Waals surface area contributed by atoms with E-state index in [1.165, 1.54) is 6.08 Å². The second-order valence-electron chi connectivity index (χ2n) is 1.18. The number of carbonyl (C=O) groups excluding carboxylic acids is 1. The van der Waals surface area contributed by atoms with Crippen LogP contribution in [-0.2, 0) is 9.63 Å². The minimum absolute atomic E-state index is 0.257. The van der Waals surface area contributed by atoms with Crippen molar-refractivity contribution in [3.8, 4) is 12.3 Å². The zero-order valence-electron chi connectivity index (χ0n) is 4.89. The van der Waals surface area contributed by atoms with E-state index in [1.807, 2.05) is 11.4 Å². The maximum atomic E-state index is 10.2. The molecule has 0 heterocycles. The van der Waals surface area contributed by atoms with E-state index >= 15 is 0 Å². The van der Waals surface area contributed by atoms with Gasteiger partial charge in [0.15, 0.2) is 0 Å². The third-order valence-electron chi connectivity index (χ3n) is 0.497. The van der Waals surface area contributed by atoms with E-state index in [0.717, 1.165) is 0 Å². The molecule has 3 heteroatoms. The molecule has 0 aromatic heterocycles. The van der Waals surface area contributed by atoms with Gasteiger partial charge >= 0.3 is 5.91 Å². The summed E-state index contributed by atoms with van der Waals surface area (Å²) in [5.41, 5.74) is 1.99. The summed E-state index contributed by atoms with van der Waals surface area (Å²) in [7, 11) is 0. The molecule has 0 aliphatic heterocycles. The van der Waals surface area contributed by atoms with Gasteiger partial charge in [-0.25, -0.2) is 5.48 Å². The lowest BCUT2D eigenvalue weighted by atomic mass is 10.7. The summed E-state index contributed by atoms with van der Waals surface area (Å²) in [6.45, 7) is 3.61. The van der Waals surface area contributed by atoms with Gasteiger partial charge in [0.2, 0.25) is 0 Å². The van der Waals surface area contributed by atoms with Crippen molar-refractivity contribution in [2.24, 2.45) is 0 Å². The first-order valence-corrected chi connectivity index (χ1v) is 2.30. The molecule has 0 aromatic carbocycles. The lowest BCUT2D eigenvalue weighted by Gasteiger charge is -1.95. The molecule has 48 valence electrons. The highest BCUT2D eigenvalue weighted by Gasteiger charge is 1.88. The lowest BCUT2D eigenvalue weighted by molar-refractivity contribution is -0.126. The Hall–Kier alpha value is -1.27. The van der Waals surface area contributed by atoms with Gasteiger partial charge in [-0.15, -0.1) is 13.0 Å². The van der Waals surface area contributed by atoms with E-state index < -0.39 is 5.91 Å². The minimum Gasteiger partial charge on any atom is -0.269 e. The number of terminal acetylenes is 1. The number of rotatable bonds is 3. The van der Waals surface area contributed by atoms with Crippen LogP contribution in [0.1, 0.15) is 0 Å². The highest BCUT2D eigenvalue weighted by Crippen LogP contribution is 1.67. The summed E-state index contributed by atoms with van der Waals surface area (Å²) < 4.78 is 0. The van der Waals surface area contributed by atoms with Gasteiger partial charge in [0.1, 0.15) is 0 Å². The molecule has 0 radical (unpaired) electrons. The Kier molecular flexibility index (Phi) is 4.19. The summed E-state index contributed by atoms with van der Waals surface area (Å²) in [5.74, 6) is 1.23. The van der Waals surface area contributed by atoms with E-state index in [1.54, 1.807) is 0 Å². The van der Waals surface area contributed by atoms with E-state index in [2.05, 4.69) is 17.8 Å². The van der Waals surface area contributed by atoms with Crippen LogP contribution in [0.25, 0.3) is 0 Å². The Bertz CT molecular complexity index is 146. The number of hydrogen-bond acceptors (Lipinski definition) is 2. The fourth-order valence-electron chi connectivity index (χ4n) is 0.196. The molecule has 0 aliphatic carbocycles. The van der Waals surface area contributed by atoms with Crippen LogP contribution in [0.4, 0.5) is 0 Å². The van der Waals surface area contributed by atoms with Crippen LogP contribution in [-0.4, -0.2) is 12.5 Å². The predicted octanol–water partition coefficient (Wildman–Crippen LogP) is -0.147. The Morgan fingerprint density at radius 3 is 3.11 bits per heavy atom. The average molecular weight is 125 g/mol. The van der Waals surface area contributed by atoms with E-state index in [-0.39, 0.29) is 6.61 Å². The van der Waals surface area contributed by atoms with Crippen LogP contribution in [0.15, 0.2) is 12.7 Å². The van der Waals surface area contributed by atoms with Crippen molar-refractivity contribution in [1.29, 1.82) is 0 Å².